The molecule has 0 saturated heterocycles. The van der Waals surface area contributed by atoms with E-state index in [0.717, 1.165) is 0 Å². The van der Waals surface area contributed by atoms with E-state index in [-0.39, 0.29) is 18.8 Å². The molecule has 0 radical (unpaired) electrons. The molecular weight excluding hydrogens is 250 g/mol. The molecule has 0 heterocycles. The summed E-state index contributed by atoms with van der Waals surface area (Å²) < 4.78 is 15.0. The lowest BCUT2D eigenvalue weighted by Crippen LogP contribution is -2.34. The molecule has 1 unspecified atom stereocenters. The lowest BCUT2D eigenvalue weighted by Gasteiger charge is -2.16. The molecule has 6 nitrogen and oxygen atoms in total. The van der Waals surface area contributed by atoms with Gasteiger partial charge in [-0.3, -0.25) is 4.79 Å². The van der Waals surface area contributed by atoms with Crippen molar-refractivity contribution in [2.75, 3.05) is 20.8 Å². The van der Waals surface area contributed by atoms with E-state index in [9.17, 15) is 9.90 Å². The molecule has 0 aliphatic heterocycles. The van der Waals surface area contributed by atoms with Crippen molar-refractivity contribution in [3.8, 4) is 17.2 Å². The van der Waals surface area contributed by atoms with E-state index >= 15 is 0 Å². The van der Waals surface area contributed by atoms with Crippen molar-refractivity contribution in [2.45, 2.75) is 19.4 Å². The van der Waals surface area contributed by atoms with Crippen LogP contribution < -0.4 is 15.2 Å². The number of benzene rings is 1. The van der Waals surface area contributed by atoms with Gasteiger partial charge in [0.25, 0.3) is 0 Å². The van der Waals surface area contributed by atoms with Gasteiger partial charge in [-0.2, -0.15) is 0 Å². The maximum absolute atomic E-state index is 11.5. The van der Waals surface area contributed by atoms with E-state index in [0.29, 0.717) is 17.1 Å². The standard InChI is InChI=1S/C13H19NO5/c1-4-19-13(16)9(14)7-8-10(17-2)5-6-11(18-3)12(8)15/h5-6,9,15H,4,7,14H2,1-3H3. The molecule has 1 atom stereocenters. The third kappa shape index (κ3) is 3.51. The van der Waals surface area contributed by atoms with Crippen molar-refractivity contribution in [2.24, 2.45) is 5.73 Å². The Hall–Kier alpha value is -1.95. The van der Waals surface area contributed by atoms with Crippen LogP contribution in [0.1, 0.15) is 12.5 Å². The highest BCUT2D eigenvalue weighted by Crippen LogP contribution is 2.36. The number of hydrogen-bond donors (Lipinski definition) is 2. The Bertz CT molecular complexity index is 447. The van der Waals surface area contributed by atoms with Crippen LogP contribution in [0.3, 0.4) is 0 Å². The molecular formula is C13H19NO5. The third-order valence-electron chi connectivity index (χ3n) is 2.66. The summed E-state index contributed by atoms with van der Waals surface area (Å²) in [5.41, 5.74) is 6.16. The van der Waals surface area contributed by atoms with Gasteiger partial charge in [-0.15, -0.1) is 0 Å². The minimum atomic E-state index is -0.869. The Morgan fingerprint density at radius 3 is 2.42 bits per heavy atom. The molecule has 0 aromatic heterocycles. The first-order valence-corrected chi connectivity index (χ1v) is 5.90. The van der Waals surface area contributed by atoms with Gasteiger partial charge < -0.3 is 25.1 Å². The number of hydrogen-bond acceptors (Lipinski definition) is 6. The van der Waals surface area contributed by atoms with Gasteiger partial charge >= 0.3 is 5.97 Å². The Kier molecular flexibility index (Phi) is 5.44. The predicted molar refractivity (Wildman–Crippen MR) is 69.5 cm³/mol. The molecule has 1 aromatic carbocycles. The van der Waals surface area contributed by atoms with Gasteiger partial charge in [0.1, 0.15) is 11.8 Å². The van der Waals surface area contributed by atoms with E-state index in [1.54, 1.807) is 19.1 Å². The number of ether oxygens (including phenoxy) is 3. The number of methoxy groups -OCH3 is 2. The Morgan fingerprint density at radius 2 is 1.89 bits per heavy atom. The summed E-state index contributed by atoms with van der Waals surface area (Å²) in [6.07, 6.45) is 0.102. The summed E-state index contributed by atoms with van der Waals surface area (Å²) in [4.78, 5) is 11.5. The zero-order valence-electron chi connectivity index (χ0n) is 11.3. The highest BCUT2D eigenvalue weighted by atomic mass is 16.5. The van der Waals surface area contributed by atoms with Crippen molar-refractivity contribution in [1.29, 1.82) is 0 Å². The Balaban J connectivity index is 3.01. The summed E-state index contributed by atoms with van der Waals surface area (Å²) in [5, 5.41) is 10.0. The fourth-order valence-electron chi connectivity index (χ4n) is 1.70. The number of aromatic hydroxyl groups is 1. The van der Waals surface area contributed by atoms with Gasteiger partial charge in [-0.1, -0.05) is 0 Å². The fraction of sp³-hybridized carbons (Fsp3) is 0.462. The number of esters is 1. The van der Waals surface area contributed by atoms with Crippen molar-refractivity contribution in [1.82, 2.24) is 0 Å². The van der Waals surface area contributed by atoms with Gasteiger partial charge in [0.05, 0.1) is 20.8 Å². The molecule has 0 spiro atoms. The molecule has 0 aliphatic rings. The van der Waals surface area contributed by atoms with Crippen LogP contribution in [-0.2, 0) is 16.0 Å². The van der Waals surface area contributed by atoms with Crippen molar-refractivity contribution in [3.05, 3.63) is 17.7 Å². The molecule has 0 aliphatic carbocycles. The molecule has 0 saturated carbocycles. The minimum absolute atomic E-state index is 0.0819. The minimum Gasteiger partial charge on any atom is -0.504 e. The lowest BCUT2D eigenvalue weighted by atomic mass is 10.0. The summed E-state index contributed by atoms with van der Waals surface area (Å²) in [6, 6.07) is 2.35. The summed E-state index contributed by atoms with van der Waals surface area (Å²) in [7, 11) is 2.91. The zero-order valence-corrected chi connectivity index (χ0v) is 11.3. The second-order valence-electron chi connectivity index (χ2n) is 3.86. The highest BCUT2D eigenvalue weighted by molar-refractivity contribution is 5.76. The summed E-state index contributed by atoms with van der Waals surface area (Å²) in [6.45, 7) is 1.96. The van der Waals surface area contributed by atoms with Crippen molar-refractivity contribution >= 4 is 5.97 Å². The third-order valence-corrected chi connectivity index (χ3v) is 2.66. The van der Waals surface area contributed by atoms with Crippen LogP contribution in [0.15, 0.2) is 12.1 Å². The molecule has 3 N–H and O–H groups in total. The quantitative estimate of drug-likeness (QED) is 0.744. The van der Waals surface area contributed by atoms with Crippen molar-refractivity contribution in [3.63, 3.8) is 0 Å². The van der Waals surface area contributed by atoms with Crippen LogP contribution in [-0.4, -0.2) is 37.9 Å². The normalized spacial score (nSPS) is 11.8. The number of phenolic OH excluding ortho intramolecular Hbond substituents is 1. The van der Waals surface area contributed by atoms with Gasteiger partial charge in [0.15, 0.2) is 11.5 Å². The zero-order chi connectivity index (χ0) is 14.4. The number of rotatable bonds is 6. The van der Waals surface area contributed by atoms with Crippen LogP contribution in [0.2, 0.25) is 0 Å². The van der Waals surface area contributed by atoms with E-state index in [1.165, 1.54) is 14.2 Å². The van der Waals surface area contributed by atoms with E-state index in [1.807, 2.05) is 0 Å². The maximum atomic E-state index is 11.5. The van der Waals surface area contributed by atoms with Crippen LogP contribution in [0.4, 0.5) is 0 Å². The Labute approximate surface area is 112 Å². The average Bonchev–Trinajstić information content (AvgIpc) is 2.41. The molecule has 1 aromatic rings. The van der Waals surface area contributed by atoms with Crippen molar-refractivity contribution < 1.29 is 24.1 Å². The SMILES string of the molecule is CCOC(=O)C(N)Cc1c(OC)ccc(OC)c1O. The lowest BCUT2D eigenvalue weighted by molar-refractivity contribution is -0.144. The molecule has 0 amide bonds. The van der Waals surface area contributed by atoms with Gasteiger partial charge in [0, 0.05) is 12.0 Å². The first-order valence-electron chi connectivity index (χ1n) is 5.90. The van der Waals surface area contributed by atoms with Crippen LogP contribution in [0.5, 0.6) is 17.2 Å². The van der Waals surface area contributed by atoms with Crippen LogP contribution in [0, 0.1) is 0 Å². The molecule has 0 bridgehead atoms. The van der Waals surface area contributed by atoms with Crippen LogP contribution in [0.25, 0.3) is 0 Å². The second-order valence-corrected chi connectivity index (χ2v) is 3.86. The number of phenols is 1. The van der Waals surface area contributed by atoms with Gasteiger partial charge in [0.2, 0.25) is 0 Å². The summed E-state index contributed by atoms with van der Waals surface area (Å²) >= 11 is 0. The summed E-state index contributed by atoms with van der Waals surface area (Å²) in [5.74, 6) is 0.137. The molecule has 0 fully saturated rings. The van der Waals surface area contributed by atoms with Gasteiger partial charge in [-0.25, -0.2) is 0 Å². The molecule has 19 heavy (non-hydrogen) atoms. The molecule has 1 rings (SSSR count). The van der Waals surface area contributed by atoms with E-state index in [4.69, 9.17) is 19.9 Å². The Morgan fingerprint density at radius 1 is 1.32 bits per heavy atom. The molecule has 6 heteroatoms. The number of nitrogens with two attached hydrogens (primary N) is 1. The van der Waals surface area contributed by atoms with Gasteiger partial charge in [-0.05, 0) is 19.1 Å². The predicted octanol–water partition coefficient (Wildman–Crippen LogP) is 0.842. The number of carbonyl (C=O) groups excluding carboxylic acids is 1. The van der Waals surface area contributed by atoms with E-state index in [2.05, 4.69) is 0 Å². The monoisotopic (exact) mass is 269 g/mol. The highest BCUT2D eigenvalue weighted by Gasteiger charge is 2.21. The number of carbonyl (C=O) groups is 1. The smallest absolute Gasteiger partial charge is 0.323 e. The average molecular weight is 269 g/mol. The topological polar surface area (TPSA) is 91.0 Å². The fourth-order valence-corrected chi connectivity index (χ4v) is 1.70. The van der Waals surface area contributed by atoms with Crippen LogP contribution >= 0.6 is 0 Å². The first-order chi connectivity index (χ1) is 9.04. The first kappa shape index (κ1) is 15.1. The van der Waals surface area contributed by atoms with E-state index < -0.39 is 12.0 Å². The second kappa shape index (κ2) is 6.84. The molecule has 106 valence electrons. The maximum Gasteiger partial charge on any atom is 0.323 e. The largest absolute Gasteiger partial charge is 0.504 e.